The number of anilines is 1. The van der Waals surface area contributed by atoms with Crippen molar-refractivity contribution in [3.05, 3.63) is 18.1 Å². The first-order valence-corrected chi connectivity index (χ1v) is 5.73. The molecule has 4 N–H and O–H groups in total. The maximum absolute atomic E-state index is 11.8. The number of hydrogen-bond donors (Lipinski definition) is 3. The topological polar surface area (TPSA) is 101 Å². The number of nitrogens with one attached hydrogen (secondary N) is 1. The lowest BCUT2D eigenvalue weighted by molar-refractivity contribution is 0.0713. The largest absolute Gasteiger partial charge is 0.391 e. The number of aliphatic hydroxyl groups is 1. The summed E-state index contributed by atoms with van der Waals surface area (Å²) in [4.78, 5) is 19.5. The van der Waals surface area contributed by atoms with Crippen LogP contribution in [0.4, 0.5) is 5.82 Å². The van der Waals surface area contributed by atoms with Crippen LogP contribution in [0.3, 0.4) is 0 Å². The number of amides is 1. The molecule has 1 heterocycles. The van der Waals surface area contributed by atoms with E-state index in [1.807, 2.05) is 0 Å². The van der Waals surface area contributed by atoms with E-state index in [2.05, 4.69) is 15.3 Å². The van der Waals surface area contributed by atoms with Crippen molar-refractivity contribution in [3.63, 3.8) is 0 Å². The quantitative estimate of drug-likeness (QED) is 0.675. The van der Waals surface area contributed by atoms with Crippen LogP contribution in [0, 0.1) is 0 Å². The Balaban J connectivity index is 2.01. The normalized spacial score (nSPS) is 24.3. The Morgan fingerprint density at radius 3 is 2.88 bits per heavy atom. The van der Waals surface area contributed by atoms with Gasteiger partial charge in [-0.1, -0.05) is 12.8 Å². The molecule has 2 atom stereocenters. The fourth-order valence-corrected chi connectivity index (χ4v) is 2.01. The van der Waals surface area contributed by atoms with Crippen molar-refractivity contribution in [2.45, 2.75) is 37.8 Å². The van der Waals surface area contributed by atoms with Crippen LogP contribution in [0.25, 0.3) is 0 Å². The van der Waals surface area contributed by atoms with Crippen LogP contribution >= 0.6 is 0 Å². The molecule has 2 rings (SSSR count). The number of nitrogen functional groups attached to an aromatic ring is 1. The Morgan fingerprint density at radius 1 is 1.41 bits per heavy atom. The van der Waals surface area contributed by atoms with Gasteiger partial charge >= 0.3 is 0 Å². The molecule has 1 amide bonds. The molecule has 1 saturated carbocycles. The van der Waals surface area contributed by atoms with E-state index in [1.54, 1.807) is 0 Å². The van der Waals surface area contributed by atoms with Crippen molar-refractivity contribution >= 4 is 11.7 Å². The lowest BCUT2D eigenvalue weighted by Gasteiger charge is -2.28. The number of rotatable bonds is 2. The maximum atomic E-state index is 11.8. The smallest absolute Gasteiger partial charge is 0.271 e. The minimum Gasteiger partial charge on any atom is -0.391 e. The maximum Gasteiger partial charge on any atom is 0.271 e. The van der Waals surface area contributed by atoms with Crippen LogP contribution in [-0.4, -0.2) is 33.1 Å². The van der Waals surface area contributed by atoms with Gasteiger partial charge in [-0.05, 0) is 12.8 Å². The summed E-state index contributed by atoms with van der Waals surface area (Å²) in [6, 6.07) is -0.195. The van der Waals surface area contributed by atoms with Gasteiger partial charge in [-0.25, -0.2) is 4.98 Å². The Labute approximate surface area is 99.3 Å². The van der Waals surface area contributed by atoms with Crippen LogP contribution < -0.4 is 11.1 Å². The fraction of sp³-hybridized carbons (Fsp3) is 0.545. The lowest BCUT2D eigenvalue weighted by atomic mass is 9.92. The number of nitrogens with two attached hydrogens (primary N) is 1. The summed E-state index contributed by atoms with van der Waals surface area (Å²) in [6.45, 7) is 0. The highest BCUT2D eigenvalue weighted by atomic mass is 16.3. The monoisotopic (exact) mass is 236 g/mol. The molecular formula is C11H16N4O2. The second-order valence-electron chi connectivity index (χ2n) is 4.26. The second kappa shape index (κ2) is 5.09. The molecule has 1 aromatic rings. The average molecular weight is 236 g/mol. The predicted molar refractivity (Wildman–Crippen MR) is 62.2 cm³/mol. The summed E-state index contributed by atoms with van der Waals surface area (Å²) in [6.07, 6.45) is 5.82. The van der Waals surface area contributed by atoms with Gasteiger partial charge in [-0.15, -0.1) is 0 Å². The Kier molecular flexibility index (Phi) is 3.53. The molecule has 0 radical (unpaired) electrons. The number of aromatic nitrogens is 2. The Hall–Kier alpha value is -1.69. The van der Waals surface area contributed by atoms with Crippen molar-refractivity contribution in [2.75, 3.05) is 5.73 Å². The molecule has 1 aliphatic rings. The summed E-state index contributed by atoms with van der Waals surface area (Å²) in [5, 5.41) is 12.5. The van der Waals surface area contributed by atoms with Crippen molar-refractivity contribution in [2.24, 2.45) is 0 Å². The van der Waals surface area contributed by atoms with Crippen LogP contribution in [0.15, 0.2) is 12.4 Å². The highest BCUT2D eigenvalue weighted by Gasteiger charge is 2.25. The van der Waals surface area contributed by atoms with Gasteiger partial charge in [0, 0.05) is 0 Å². The molecule has 2 unspecified atom stereocenters. The van der Waals surface area contributed by atoms with E-state index in [0.717, 1.165) is 25.7 Å². The second-order valence-corrected chi connectivity index (χ2v) is 4.26. The van der Waals surface area contributed by atoms with Gasteiger partial charge in [0.2, 0.25) is 0 Å². The highest BCUT2D eigenvalue weighted by molar-refractivity contribution is 5.92. The first-order chi connectivity index (χ1) is 8.16. The summed E-state index contributed by atoms with van der Waals surface area (Å²) in [5.74, 6) is -0.127. The zero-order chi connectivity index (χ0) is 12.3. The van der Waals surface area contributed by atoms with Crippen LogP contribution in [0.2, 0.25) is 0 Å². The molecule has 0 spiro atoms. The molecule has 17 heavy (non-hydrogen) atoms. The van der Waals surface area contributed by atoms with Crippen molar-refractivity contribution in [1.29, 1.82) is 0 Å². The van der Waals surface area contributed by atoms with Gasteiger partial charge in [0.1, 0.15) is 11.5 Å². The zero-order valence-electron chi connectivity index (χ0n) is 9.47. The van der Waals surface area contributed by atoms with Gasteiger partial charge in [0.25, 0.3) is 5.91 Å². The van der Waals surface area contributed by atoms with E-state index in [1.165, 1.54) is 12.4 Å². The van der Waals surface area contributed by atoms with E-state index in [9.17, 15) is 9.90 Å². The van der Waals surface area contributed by atoms with E-state index in [-0.39, 0.29) is 23.5 Å². The summed E-state index contributed by atoms with van der Waals surface area (Å²) in [5.41, 5.74) is 5.64. The van der Waals surface area contributed by atoms with Crippen LogP contribution in [0.5, 0.6) is 0 Å². The summed E-state index contributed by atoms with van der Waals surface area (Å²) >= 11 is 0. The summed E-state index contributed by atoms with van der Waals surface area (Å²) in [7, 11) is 0. The van der Waals surface area contributed by atoms with Crippen molar-refractivity contribution in [3.8, 4) is 0 Å². The third-order valence-corrected chi connectivity index (χ3v) is 2.93. The standard InChI is InChI=1S/C11H16N4O2/c12-10-6-13-5-8(14-10)11(17)15-7-3-1-2-4-9(7)16/h5-7,9,16H,1-4H2,(H2,12,14)(H,15,17). The van der Waals surface area contributed by atoms with E-state index >= 15 is 0 Å². The molecule has 1 aromatic heterocycles. The van der Waals surface area contributed by atoms with Gasteiger partial charge < -0.3 is 16.2 Å². The van der Waals surface area contributed by atoms with E-state index in [0.29, 0.717) is 0 Å². The molecule has 0 aromatic carbocycles. The third kappa shape index (κ3) is 2.91. The molecule has 6 nitrogen and oxygen atoms in total. The number of hydrogen-bond acceptors (Lipinski definition) is 5. The Morgan fingerprint density at radius 2 is 2.18 bits per heavy atom. The SMILES string of the molecule is Nc1cncc(C(=O)NC2CCCCC2O)n1. The van der Waals surface area contributed by atoms with Crippen molar-refractivity contribution < 1.29 is 9.90 Å². The first kappa shape index (κ1) is 11.8. The van der Waals surface area contributed by atoms with Gasteiger partial charge in [-0.2, -0.15) is 0 Å². The molecule has 6 heteroatoms. The number of carbonyl (C=O) groups is 1. The zero-order valence-corrected chi connectivity index (χ0v) is 9.47. The van der Waals surface area contributed by atoms with Gasteiger partial charge in [0.05, 0.1) is 24.5 Å². The molecule has 0 saturated heterocycles. The molecule has 0 bridgehead atoms. The Bertz CT molecular complexity index is 410. The molecule has 1 fully saturated rings. The van der Waals surface area contributed by atoms with Crippen LogP contribution in [0.1, 0.15) is 36.2 Å². The molecule has 0 aliphatic heterocycles. The average Bonchev–Trinajstić information content (AvgIpc) is 2.32. The fourth-order valence-electron chi connectivity index (χ4n) is 2.01. The highest BCUT2D eigenvalue weighted by Crippen LogP contribution is 2.18. The molecule has 1 aliphatic carbocycles. The molecule has 92 valence electrons. The van der Waals surface area contributed by atoms with Gasteiger partial charge in [-0.3, -0.25) is 9.78 Å². The number of carbonyl (C=O) groups excluding carboxylic acids is 1. The number of aliphatic hydroxyl groups excluding tert-OH is 1. The van der Waals surface area contributed by atoms with E-state index < -0.39 is 6.10 Å². The minimum absolute atomic E-state index is 0.183. The summed E-state index contributed by atoms with van der Waals surface area (Å²) < 4.78 is 0. The predicted octanol–water partition coefficient (Wildman–Crippen LogP) is 0.0921. The van der Waals surface area contributed by atoms with Crippen LogP contribution in [-0.2, 0) is 0 Å². The van der Waals surface area contributed by atoms with Gasteiger partial charge in [0.15, 0.2) is 0 Å². The molecular weight excluding hydrogens is 220 g/mol. The lowest BCUT2D eigenvalue weighted by Crippen LogP contribution is -2.45. The van der Waals surface area contributed by atoms with E-state index in [4.69, 9.17) is 5.73 Å². The third-order valence-electron chi connectivity index (χ3n) is 2.93. The van der Waals surface area contributed by atoms with Crippen molar-refractivity contribution in [1.82, 2.24) is 15.3 Å². The minimum atomic E-state index is -0.471. The first-order valence-electron chi connectivity index (χ1n) is 5.73. The number of nitrogens with zero attached hydrogens (tertiary/aromatic N) is 2.